The first-order valence-electron chi connectivity index (χ1n) is 9.21. The number of nitrogens with zero attached hydrogens (tertiary/aromatic N) is 1. The number of fused-ring (bicyclic) bond motifs is 2. The minimum atomic E-state index is -4.68. The molecule has 2 aromatic rings. The Labute approximate surface area is 174 Å². The van der Waals surface area contributed by atoms with Gasteiger partial charge in [0, 0.05) is 18.3 Å². The smallest absolute Gasteiger partial charge is 0.390 e. The van der Waals surface area contributed by atoms with Crippen LogP contribution in [-0.2, 0) is 22.1 Å². The molecule has 2 saturated heterocycles. The van der Waals surface area contributed by atoms with E-state index in [1.165, 1.54) is 18.3 Å². The molecule has 2 aliphatic rings. The summed E-state index contributed by atoms with van der Waals surface area (Å²) in [5.41, 5.74) is -1.81. The van der Waals surface area contributed by atoms with Crippen molar-refractivity contribution in [2.75, 3.05) is 5.32 Å². The fraction of sp³-hybridized carbons (Fsp3) is 0.400. The fourth-order valence-electron chi connectivity index (χ4n) is 4.26. The van der Waals surface area contributed by atoms with Crippen LogP contribution >= 0.6 is 11.6 Å². The lowest BCUT2D eigenvalue weighted by Gasteiger charge is -2.35. The number of nitrogens with one attached hydrogen (secondary N) is 1. The summed E-state index contributed by atoms with van der Waals surface area (Å²) < 4.78 is 58.7. The molecule has 1 aromatic heterocycles. The molecule has 0 aliphatic carbocycles. The molecule has 4 atom stereocenters. The number of hydrogen-bond acceptors (Lipinski definition) is 4. The van der Waals surface area contributed by atoms with Crippen molar-refractivity contribution in [3.8, 4) is 0 Å². The van der Waals surface area contributed by atoms with E-state index in [-0.39, 0.29) is 24.9 Å². The van der Waals surface area contributed by atoms with Gasteiger partial charge in [0.05, 0.1) is 34.3 Å². The number of benzene rings is 1. The number of pyridine rings is 1. The molecule has 0 spiro atoms. The second-order valence-electron chi connectivity index (χ2n) is 7.64. The summed E-state index contributed by atoms with van der Waals surface area (Å²) in [6.45, 7) is 0. The average Bonchev–Trinajstić information content (AvgIpc) is 3.19. The third kappa shape index (κ3) is 3.77. The van der Waals surface area contributed by atoms with Gasteiger partial charge in [0.1, 0.15) is 0 Å². The number of aromatic nitrogens is 1. The van der Waals surface area contributed by atoms with Crippen molar-refractivity contribution in [2.24, 2.45) is 5.41 Å². The van der Waals surface area contributed by atoms with E-state index in [2.05, 4.69) is 10.3 Å². The van der Waals surface area contributed by atoms with Gasteiger partial charge in [-0.3, -0.25) is 4.79 Å². The summed E-state index contributed by atoms with van der Waals surface area (Å²) in [6, 6.07) is 5.86. The normalized spacial score (nSPS) is 28.0. The predicted octanol–water partition coefficient (Wildman–Crippen LogP) is 3.98. The van der Waals surface area contributed by atoms with Crippen LogP contribution in [0.3, 0.4) is 0 Å². The summed E-state index contributed by atoms with van der Waals surface area (Å²) in [4.78, 5) is 16.8. The molecule has 0 unspecified atom stereocenters. The van der Waals surface area contributed by atoms with Crippen LogP contribution in [0.15, 0.2) is 36.5 Å². The molecular formula is C20H17ClF4N2O3. The number of hydrogen-bond donors (Lipinski definition) is 2. The van der Waals surface area contributed by atoms with E-state index in [0.717, 1.165) is 12.1 Å². The van der Waals surface area contributed by atoms with Gasteiger partial charge in [0.2, 0.25) is 11.9 Å². The van der Waals surface area contributed by atoms with E-state index in [1.54, 1.807) is 6.07 Å². The Hall–Kier alpha value is -2.23. The van der Waals surface area contributed by atoms with E-state index in [4.69, 9.17) is 16.3 Å². The van der Waals surface area contributed by atoms with Gasteiger partial charge >= 0.3 is 6.18 Å². The van der Waals surface area contributed by atoms with Gasteiger partial charge in [0.15, 0.2) is 0 Å². The van der Waals surface area contributed by atoms with Crippen molar-refractivity contribution in [3.63, 3.8) is 0 Å². The molecule has 0 saturated carbocycles. The molecule has 30 heavy (non-hydrogen) atoms. The monoisotopic (exact) mass is 444 g/mol. The molecule has 1 amide bonds. The largest absolute Gasteiger partial charge is 0.417 e. The molecule has 2 aliphatic heterocycles. The number of ether oxygens (including phenoxy) is 1. The SMILES string of the molecule is O=C(Nc1ccc(Cl)c(C(F)(F)F)c1)[C@@]1(Cc2ccnc(F)c2)C[C@H]2O[C@@H]1C[C@@H]2O. The molecule has 3 heterocycles. The van der Waals surface area contributed by atoms with Crippen molar-refractivity contribution < 1.29 is 32.2 Å². The van der Waals surface area contributed by atoms with Crippen LogP contribution in [0.2, 0.25) is 5.02 Å². The third-order valence-corrected chi connectivity index (χ3v) is 6.03. The van der Waals surface area contributed by atoms with Crippen molar-refractivity contribution in [2.45, 2.75) is 43.8 Å². The molecule has 5 nitrogen and oxygen atoms in total. The Morgan fingerprint density at radius 1 is 1.33 bits per heavy atom. The Kier molecular flexibility index (Phi) is 5.24. The Morgan fingerprint density at radius 3 is 2.70 bits per heavy atom. The Morgan fingerprint density at radius 2 is 2.10 bits per heavy atom. The van der Waals surface area contributed by atoms with Gasteiger partial charge in [-0.1, -0.05) is 11.6 Å². The zero-order valence-electron chi connectivity index (χ0n) is 15.4. The lowest BCUT2D eigenvalue weighted by molar-refractivity contribution is -0.137. The number of amides is 1. The van der Waals surface area contributed by atoms with E-state index >= 15 is 0 Å². The van der Waals surface area contributed by atoms with Crippen LogP contribution in [0.25, 0.3) is 0 Å². The number of halogens is 5. The summed E-state index contributed by atoms with van der Waals surface area (Å²) in [6.07, 6.45) is -4.89. The van der Waals surface area contributed by atoms with Crippen molar-refractivity contribution in [3.05, 3.63) is 58.6 Å². The predicted molar refractivity (Wildman–Crippen MR) is 99.3 cm³/mol. The minimum absolute atomic E-state index is 0.0691. The van der Waals surface area contributed by atoms with E-state index in [0.29, 0.717) is 5.56 Å². The van der Waals surface area contributed by atoms with Crippen LogP contribution in [-0.4, -0.2) is 34.3 Å². The molecule has 10 heteroatoms. The van der Waals surface area contributed by atoms with Crippen LogP contribution in [0.5, 0.6) is 0 Å². The third-order valence-electron chi connectivity index (χ3n) is 5.70. The number of carbonyl (C=O) groups is 1. The lowest BCUT2D eigenvalue weighted by Crippen LogP contribution is -2.48. The Balaban J connectivity index is 1.65. The molecule has 160 valence electrons. The second-order valence-corrected chi connectivity index (χ2v) is 8.04. The van der Waals surface area contributed by atoms with Gasteiger partial charge in [-0.15, -0.1) is 0 Å². The Bertz CT molecular complexity index is 985. The molecule has 2 bridgehead atoms. The highest BCUT2D eigenvalue weighted by Gasteiger charge is 2.60. The van der Waals surface area contributed by atoms with Gasteiger partial charge in [-0.25, -0.2) is 4.98 Å². The first kappa shape index (κ1) is 21.0. The second kappa shape index (κ2) is 7.47. The zero-order valence-corrected chi connectivity index (χ0v) is 16.2. The summed E-state index contributed by atoms with van der Waals surface area (Å²) in [5.74, 6) is -1.27. The summed E-state index contributed by atoms with van der Waals surface area (Å²) >= 11 is 5.64. The van der Waals surface area contributed by atoms with E-state index in [1.807, 2.05) is 0 Å². The van der Waals surface area contributed by atoms with E-state index in [9.17, 15) is 27.5 Å². The standard InChI is InChI=1S/C20H17ClF4N2O3/c21-13-2-1-11(6-12(13)20(23,24)25)27-18(29)19(8-10-3-4-26-17(22)5-10)9-15-14(28)7-16(19)30-15/h1-6,14-16,28H,7-9H2,(H,27,29)/t14-,15+,16+,19-/m0/s1. The highest BCUT2D eigenvalue weighted by Crippen LogP contribution is 2.50. The minimum Gasteiger partial charge on any atom is -0.390 e. The first-order valence-corrected chi connectivity index (χ1v) is 9.58. The molecule has 2 fully saturated rings. The highest BCUT2D eigenvalue weighted by atomic mass is 35.5. The van der Waals surface area contributed by atoms with Gasteiger partial charge < -0.3 is 15.2 Å². The van der Waals surface area contributed by atoms with Gasteiger partial charge in [-0.2, -0.15) is 17.6 Å². The van der Waals surface area contributed by atoms with Crippen molar-refractivity contribution >= 4 is 23.2 Å². The van der Waals surface area contributed by atoms with Crippen molar-refractivity contribution in [1.29, 1.82) is 0 Å². The lowest BCUT2D eigenvalue weighted by atomic mass is 9.68. The molecule has 4 rings (SSSR count). The van der Waals surface area contributed by atoms with Crippen molar-refractivity contribution in [1.82, 2.24) is 4.98 Å². The van der Waals surface area contributed by atoms with Crippen LogP contribution in [0.1, 0.15) is 24.0 Å². The highest BCUT2D eigenvalue weighted by molar-refractivity contribution is 6.31. The average molecular weight is 445 g/mol. The number of aliphatic hydroxyl groups is 1. The van der Waals surface area contributed by atoms with Gasteiger partial charge in [0.25, 0.3) is 0 Å². The summed E-state index contributed by atoms with van der Waals surface area (Å²) in [7, 11) is 0. The van der Waals surface area contributed by atoms with Gasteiger partial charge in [-0.05, 0) is 48.7 Å². The first-order chi connectivity index (χ1) is 14.1. The van der Waals surface area contributed by atoms with Crippen LogP contribution < -0.4 is 5.32 Å². The molecule has 1 aromatic carbocycles. The molecular weight excluding hydrogens is 428 g/mol. The van der Waals surface area contributed by atoms with Crippen LogP contribution in [0.4, 0.5) is 23.2 Å². The quantitative estimate of drug-likeness (QED) is 0.552. The number of aliphatic hydroxyl groups excluding tert-OH is 1. The molecule has 0 radical (unpaired) electrons. The molecule has 2 N–H and O–H groups in total. The summed E-state index contributed by atoms with van der Waals surface area (Å²) in [5, 5.41) is 12.1. The van der Waals surface area contributed by atoms with E-state index < -0.39 is 52.3 Å². The number of alkyl halides is 3. The fourth-order valence-corrected chi connectivity index (χ4v) is 4.48. The maximum Gasteiger partial charge on any atom is 0.417 e. The zero-order chi connectivity index (χ0) is 21.7. The number of carbonyl (C=O) groups excluding carboxylic acids is 1. The maximum absolute atomic E-state index is 13.6. The maximum atomic E-state index is 13.6. The number of anilines is 1. The van der Waals surface area contributed by atoms with Crippen LogP contribution in [0, 0.1) is 11.4 Å². The number of rotatable bonds is 4. The topological polar surface area (TPSA) is 71.5 Å².